The number of hydrogen-bond donors (Lipinski definition) is 0. The zero-order valence-corrected chi connectivity index (χ0v) is 14.3. The van der Waals surface area contributed by atoms with E-state index >= 15 is 0 Å². The molecule has 2 nitrogen and oxygen atoms in total. The molecule has 0 spiro atoms. The molecule has 1 saturated heterocycles. The van der Waals surface area contributed by atoms with E-state index in [1.807, 2.05) is 72.8 Å². The van der Waals surface area contributed by atoms with Gasteiger partial charge in [0.2, 0.25) is 0 Å². The number of benzene rings is 2. The zero-order chi connectivity index (χ0) is 16.9. The minimum absolute atomic E-state index is 0.166. The standard InChI is InChI=1S/C22H23NO/c1-17(2)23-15-20(13-18-9-5-3-6-10-18)22(24)21(16-23)14-19-11-7-4-8-12-19/h3-14,17H,15-16H2,1-2H3/b20-13+,21-14+. The molecule has 3 rings (SSSR count). The highest BCUT2D eigenvalue weighted by Crippen LogP contribution is 2.23. The van der Waals surface area contributed by atoms with Crippen LogP contribution in [0, 0.1) is 0 Å². The first-order chi connectivity index (χ1) is 11.6. The predicted molar refractivity (Wildman–Crippen MR) is 101 cm³/mol. The second-order valence-electron chi connectivity index (χ2n) is 6.49. The van der Waals surface area contributed by atoms with Gasteiger partial charge in [0.25, 0.3) is 0 Å². The molecule has 0 saturated carbocycles. The van der Waals surface area contributed by atoms with Crippen molar-refractivity contribution in [3.05, 3.63) is 82.9 Å². The van der Waals surface area contributed by atoms with Crippen LogP contribution in [0.2, 0.25) is 0 Å². The van der Waals surface area contributed by atoms with Crippen LogP contribution in [0.25, 0.3) is 12.2 Å². The Bertz CT molecular complexity index is 696. The lowest BCUT2D eigenvalue weighted by Gasteiger charge is -2.32. The fourth-order valence-electron chi connectivity index (χ4n) is 2.93. The highest BCUT2D eigenvalue weighted by molar-refractivity contribution is 6.14. The smallest absolute Gasteiger partial charge is 0.187 e. The Morgan fingerprint density at radius 3 is 1.58 bits per heavy atom. The molecule has 0 radical (unpaired) electrons. The van der Waals surface area contributed by atoms with E-state index in [0.29, 0.717) is 19.1 Å². The van der Waals surface area contributed by atoms with Gasteiger partial charge in [0.1, 0.15) is 0 Å². The van der Waals surface area contributed by atoms with Gasteiger partial charge in [-0.3, -0.25) is 9.69 Å². The molecule has 1 fully saturated rings. The number of nitrogens with zero attached hydrogens (tertiary/aromatic N) is 1. The first-order valence-electron chi connectivity index (χ1n) is 8.43. The van der Waals surface area contributed by atoms with Gasteiger partial charge in [0, 0.05) is 30.3 Å². The van der Waals surface area contributed by atoms with Crippen LogP contribution in [0.5, 0.6) is 0 Å². The third-order valence-electron chi connectivity index (χ3n) is 4.34. The fraction of sp³-hybridized carbons (Fsp3) is 0.227. The summed E-state index contributed by atoms with van der Waals surface area (Å²) < 4.78 is 0. The van der Waals surface area contributed by atoms with Gasteiger partial charge >= 0.3 is 0 Å². The van der Waals surface area contributed by atoms with E-state index in [4.69, 9.17) is 0 Å². The van der Waals surface area contributed by atoms with E-state index in [0.717, 1.165) is 22.3 Å². The Morgan fingerprint density at radius 2 is 1.21 bits per heavy atom. The number of ketones is 1. The average molecular weight is 317 g/mol. The molecule has 0 unspecified atom stereocenters. The minimum Gasteiger partial charge on any atom is -0.292 e. The van der Waals surface area contributed by atoms with Crippen LogP contribution in [0.4, 0.5) is 0 Å². The summed E-state index contributed by atoms with van der Waals surface area (Å²) in [7, 11) is 0. The monoisotopic (exact) mass is 317 g/mol. The molecule has 2 aromatic carbocycles. The highest BCUT2D eigenvalue weighted by Gasteiger charge is 2.27. The Labute approximate surface area is 144 Å². The van der Waals surface area contributed by atoms with E-state index in [9.17, 15) is 4.79 Å². The summed E-state index contributed by atoms with van der Waals surface area (Å²) in [4.78, 5) is 15.3. The van der Waals surface area contributed by atoms with E-state index in [-0.39, 0.29) is 5.78 Å². The topological polar surface area (TPSA) is 20.3 Å². The normalized spacial score (nSPS) is 19.4. The summed E-state index contributed by atoms with van der Waals surface area (Å²) in [6.45, 7) is 5.77. The van der Waals surface area contributed by atoms with Crippen LogP contribution in [0.15, 0.2) is 71.8 Å². The predicted octanol–water partition coefficient (Wildman–Crippen LogP) is 4.45. The molecule has 122 valence electrons. The first kappa shape index (κ1) is 16.4. The van der Waals surface area contributed by atoms with Crippen molar-refractivity contribution >= 4 is 17.9 Å². The van der Waals surface area contributed by atoms with Crippen LogP contribution in [-0.4, -0.2) is 29.8 Å². The lowest BCUT2D eigenvalue weighted by Crippen LogP contribution is -2.41. The van der Waals surface area contributed by atoms with Gasteiger partial charge in [0.15, 0.2) is 5.78 Å². The molecule has 1 aliphatic heterocycles. The van der Waals surface area contributed by atoms with Crippen molar-refractivity contribution in [2.45, 2.75) is 19.9 Å². The van der Waals surface area contributed by atoms with Crippen molar-refractivity contribution in [3.8, 4) is 0 Å². The lowest BCUT2D eigenvalue weighted by molar-refractivity contribution is -0.113. The van der Waals surface area contributed by atoms with E-state index in [1.165, 1.54) is 0 Å². The molecule has 2 aromatic rings. The van der Waals surface area contributed by atoms with Gasteiger partial charge in [0.05, 0.1) is 0 Å². The molecule has 0 N–H and O–H groups in total. The van der Waals surface area contributed by atoms with E-state index in [1.54, 1.807) is 0 Å². The van der Waals surface area contributed by atoms with Gasteiger partial charge in [-0.1, -0.05) is 60.7 Å². The van der Waals surface area contributed by atoms with Gasteiger partial charge < -0.3 is 0 Å². The van der Waals surface area contributed by atoms with Crippen LogP contribution in [0.3, 0.4) is 0 Å². The van der Waals surface area contributed by atoms with E-state index < -0.39 is 0 Å². The molecule has 0 amide bonds. The molecule has 2 heteroatoms. The molecular formula is C22H23NO. The molecule has 0 aromatic heterocycles. The summed E-state index contributed by atoms with van der Waals surface area (Å²) in [6, 6.07) is 20.5. The molecule has 0 atom stereocenters. The second kappa shape index (κ2) is 7.41. The third-order valence-corrected chi connectivity index (χ3v) is 4.34. The minimum atomic E-state index is 0.166. The first-order valence-corrected chi connectivity index (χ1v) is 8.43. The Hall–Kier alpha value is -2.45. The van der Waals surface area contributed by atoms with E-state index in [2.05, 4.69) is 18.7 Å². The number of piperidine rings is 1. The van der Waals surface area contributed by atoms with Gasteiger partial charge in [-0.25, -0.2) is 0 Å². The summed E-state index contributed by atoms with van der Waals surface area (Å²) in [5.74, 6) is 0.166. The van der Waals surface area contributed by atoms with Gasteiger partial charge in [-0.15, -0.1) is 0 Å². The van der Waals surface area contributed by atoms with Gasteiger partial charge in [-0.2, -0.15) is 0 Å². The van der Waals surface area contributed by atoms with Crippen molar-refractivity contribution in [1.29, 1.82) is 0 Å². The summed E-state index contributed by atoms with van der Waals surface area (Å²) in [5.41, 5.74) is 3.88. The Morgan fingerprint density at radius 1 is 0.792 bits per heavy atom. The molecular weight excluding hydrogens is 294 g/mol. The van der Waals surface area contributed by atoms with Crippen molar-refractivity contribution in [3.63, 3.8) is 0 Å². The molecule has 0 aliphatic carbocycles. The number of Topliss-reactive ketones (excluding diaryl/α,β-unsaturated/α-hetero) is 1. The average Bonchev–Trinajstić information content (AvgIpc) is 2.60. The van der Waals surface area contributed by atoms with Crippen LogP contribution in [0.1, 0.15) is 25.0 Å². The van der Waals surface area contributed by atoms with Crippen molar-refractivity contribution in [2.24, 2.45) is 0 Å². The SMILES string of the molecule is CC(C)N1C/C(=C\c2ccccc2)C(=O)/C(=C/c2ccccc2)C1. The maximum atomic E-state index is 12.9. The maximum absolute atomic E-state index is 12.9. The largest absolute Gasteiger partial charge is 0.292 e. The van der Waals surface area contributed by atoms with Crippen LogP contribution < -0.4 is 0 Å². The van der Waals surface area contributed by atoms with Crippen molar-refractivity contribution in [2.75, 3.05) is 13.1 Å². The van der Waals surface area contributed by atoms with Crippen molar-refractivity contribution in [1.82, 2.24) is 4.90 Å². The number of rotatable bonds is 3. The van der Waals surface area contributed by atoms with Crippen LogP contribution in [-0.2, 0) is 4.79 Å². The van der Waals surface area contributed by atoms with Crippen LogP contribution >= 0.6 is 0 Å². The van der Waals surface area contributed by atoms with Gasteiger partial charge in [-0.05, 0) is 37.1 Å². The number of hydrogen-bond acceptors (Lipinski definition) is 2. The summed E-state index contributed by atoms with van der Waals surface area (Å²) in [5, 5.41) is 0. The molecule has 24 heavy (non-hydrogen) atoms. The summed E-state index contributed by atoms with van der Waals surface area (Å²) in [6.07, 6.45) is 4.05. The highest BCUT2D eigenvalue weighted by atomic mass is 16.1. The maximum Gasteiger partial charge on any atom is 0.187 e. The fourth-order valence-corrected chi connectivity index (χ4v) is 2.93. The van der Waals surface area contributed by atoms with Crippen molar-refractivity contribution < 1.29 is 4.79 Å². The molecule has 1 aliphatic rings. The Kier molecular flexibility index (Phi) is 5.07. The lowest BCUT2D eigenvalue weighted by atomic mass is 9.93. The molecule has 0 bridgehead atoms. The third kappa shape index (κ3) is 3.90. The number of carbonyl (C=O) groups is 1. The Balaban J connectivity index is 1.96. The summed E-state index contributed by atoms with van der Waals surface area (Å²) >= 11 is 0. The quantitative estimate of drug-likeness (QED) is 0.780. The molecule has 1 heterocycles. The second-order valence-corrected chi connectivity index (χ2v) is 6.49. The number of likely N-dealkylation sites (tertiary alicyclic amines) is 1. The number of carbonyl (C=O) groups excluding carboxylic acids is 1. The zero-order valence-electron chi connectivity index (χ0n) is 14.3.